The summed E-state index contributed by atoms with van der Waals surface area (Å²) < 4.78 is 5.46. The minimum atomic E-state index is -0.924. The van der Waals surface area contributed by atoms with E-state index in [9.17, 15) is 9.59 Å². The maximum Gasteiger partial charge on any atom is 0.341 e. The lowest BCUT2D eigenvalue weighted by atomic mass is 9.77. The van der Waals surface area contributed by atoms with Crippen molar-refractivity contribution in [3.8, 4) is 0 Å². The number of hydrogen-bond acceptors (Lipinski definition) is 4. The third-order valence-electron chi connectivity index (χ3n) is 4.25. The van der Waals surface area contributed by atoms with E-state index >= 15 is 0 Å². The predicted molar refractivity (Wildman–Crippen MR) is 85.8 cm³/mol. The molecule has 0 aromatic heterocycles. The van der Waals surface area contributed by atoms with Crippen LogP contribution in [0.1, 0.15) is 52.0 Å². The van der Waals surface area contributed by atoms with Gasteiger partial charge in [0, 0.05) is 17.9 Å². The Bertz CT molecular complexity index is 579. The van der Waals surface area contributed by atoms with Crippen LogP contribution >= 0.6 is 0 Å². The van der Waals surface area contributed by atoms with Gasteiger partial charge in [-0.05, 0) is 31.9 Å². The van der Waals surface area contributed by atoms with Crippen molar-refractivity contribution in [3.05, 3.63) is 35.9 Å². The molecule has 4 heteroatoms. The van der Waals surface area contributed by atoms with Crippen LogP contribution in [-0.2, 0) is 14.3 Å². The van der Waals surface area contributed by atoms with Crippen LogP contribution in [0.3, 0.4) is 0 Å². The van der Waals surface area contributed by atoms with Crippen LogP contribution in [0.4, 0.5) is 0 Å². The normalized spacial score (nSPS) is 22.1. The molecule has 0 amide bonds. The lowest BCUT2D eigenvalue weighted by molar-refractivity contribution is -0.141. The maximum atomic E-state index is 12.6. The molecule has 0 fully saturated rings. The van der Waals surface area contributed by atoms with Crippen molar-refractivity contribution in [2.75, 3.05) is 0 Å². The van der Waals surface area contributed by atoms with Crippen molar-refractivity contribution >= 4 is 17.7 Å². The fourth-order valence-corrected chi connectivity index (χ4v) is 3.11. The number of ether oxygens (including phenoxy) is 1. The molecule has 1 heterocycles. The molecular formula is C18H23NO3. The minimum absolute atomic E-state index is 0.0856. The number of cyclic esters (lactones) is 1. The first-order valence-corrected chi connectivity index (χ1v) is 7.90. The average molecular weight is 301 g/mol. The van der Waals surface area contributed by atoms with Crippen molar-refractivity contribution in [2.24, 2.45) is 10.9 Å². The van der Waals surface area contributed by atoms with Gasteiger partial charge < -0.3 is 9.53 Å². The third kappa shape index (κ3) is 3.11. The molecule has 0 N–H and O–H groups in total. The Balaban J connectivity index is 2.40. The molecule has 0 saturated heterocycles. The summed E-state index contributed by atoms with van der Waals surface area (Å²) in [7, 11) is 0. The van der Waals surface area contributed by atoms with Gasteiger partial charge in [0.15, 0.2) is 5.54 Å². The summed E-state index contributed by atoms with van der Waals surface area (Å²) in [4.78, 5) is 28.8. The van der Waals surface area contributed by atoms with E-state index in [1.165, 1.54) is 0 Å². The second-order valence-corrected chi connectivity index (χ2v) is 5.84. The number of rotatable bonds is 7. The highest BCUT2D eigenvalue weighted by Gasteiger charge is 2.50. The number of carbonyl (C=O) groups is 2. The van der Waals surface area contributed by atoms with Crippen molar-refractivity contribution < 1.29 is 14.3 Å². The SMILES string of the molecule is CCC[C@H](CC(C)=O)[C@@]1(CC)N=C(c2ccccc2)OC1=O. The first-order valence-electron chi connectivity index (χ1n) is 7.90. The van der Waals surface area contributed by atoms with E-state index in [1.807, 2.05) is 37.3 Å². The first-order chi connectivity index (χ1) is 10.5. The molecule has 0 unspecified atom stereocenters. The Morgan fingerprint density at radius 1 is 1.27 bits per heavy atom. The number of carbonyl (C=O) groups excluding carboxylic acids is 2. The van der Waals surface area contributed by atoms with Gasteiger partial charge in [-0.25, -0.2) is 9.79 Å². The molecule has 4 nitrogen and oxygen atoms in total. The predicted octanol–water partition coefficient (Wildman–Crippen LogP) is 3.53. The van der Waals surface area contributed by atoms with Gasteiger partial charge in [-0.3, -0.25) is 0 Å². The fourth-order valence-electron chi connectivity index (χ4n) is 3.11. The Morgan fingerprint density at radius 2 is 1.95 bits per heavy atom. The van der Waals surface area contributed by atoms with E-state index in [4.69, 9.17) is 4.74 Å². The Hall–Kier alpha value is -1.97. The van der Waals surface area contributed by atoms with E-state index < -0.39 is 5.54 Å². The Labute approximate surface area is 131 Å². The standard InChI is InChI=1S/C18H23NO3/c1-4-9-15(12-13(3)20)18(5-2)17(21)22-16(19-18)14-10-7-6-8-11-14/h6-8,10-11,15H,4-5,9,12H2,1-3H3/t15-,18-/m1/s1. The van der Waals surface area contributed by atoms with Crippen LogP contribution in [0.5, 0.6) is 0 Å². The summed E-state index contributed by atoms with van der Waals surface area (Å²) in [5.41, 5.74) is -0.128. The third-order valence-corrected chi connectivity index (χ3v) is 4.25. The van der Waals surface area contributed by atoms with Gasteiger partial charge >= 0.3 is 5.97 Å². The van der Waals surface area contributed by atoms with Crippen LogP contribution in [-0.4, -0.2) is 23.2 Å². The van der Waals surface area contributed by atoms with Gasteiger partial charge in [-0.15, -0.1) is 0 Å². The molecule has 118 valence electrons. The van der Waals surface area contributed by atoms with Gasteiger partial charge in [0.25, 0.3) is 0 Å². The smallest absolute Gasteiger partial charge is 0.341 e. The molecule has 22 heavy (non-hydrogen) atoms. The topological polar surface area (TPSA) is 55.7 Å². The van der Waals surface area contributed by atoms with Gasteiger partial charge in [0.2, 0.25) is 5.90 Å². The average Bonchev–Trinajstić information content (AvgIpc) is 2.85. The van der Waals surface area contributed by atoms with Crippen molar-refractivity contribution in [1.82, 2.24) is 0 Å². The number of benzene rings is 1. The Kier molecular flexibility index (Phi) is 5.11. The van der Waals surface area contributed by atoms with Gasteiger partial charge in [0.1, 0.15) is 5.78 Å². The number of hydrogen-bond donors (Lipinski definition) is 0. The summed E-state index contributed by atoms with van der Waals surface area (Å²) in [5.74, 6) is 0.0295. The first kappa shape index (κ1) is 16.4. The van der Waals surface area contributed by atoms with E-state index in [1.54, 1.807) is 6.92 Å². The molecule has 0 bridgehead atoms. The summed E-state index contributed by atoms with van der Waals surface area (Å²) in [6.45, 7) is 5.55. The zero-order valence-electron chi connectivity index (χ0n) is 13.5. The van der Waals surface area contributed by atoms with Crippen LogP contribution in [0.2, 0.25) is 0 Å². The minimum Gasteiger partial charge on any atom is -0.405 e. The van der Waals surface area contributed by atoms with Crippen LogP contribution < -0.4 is 0 Å². The maximum absolute atomic E-state index is 12.6. The molecule has 1 aromatic rings. The lowest BCUT2D eigenvalue weighted by Gasteiger charge is -2.29. The highest BCUT2D eigenvalue weighted by atomic mass is 16.6. The summed E-state index contributed by atoms with van der Waals surface area (Å²) in [5, 5.41) is 0. The largest absolute Gasteiger partial charge is 0.405 e. The highest BCUT2D eigenvalue weighted by Crippen LogP contribution is 2.38. The van der Waals surface area contributed by atoms with E-state index in [0.29, 0.717) is 18.7 Å². The highest BCUT2D eigenvalue weighted by molar-refractivity contribution is 6.08. The number of esters is 1. The summed E-state index contributed by atoms with van der Waals surface area (Å²) in [6.07, 6.45) is 2.60. The zero-order valence-corrected chi connectivity index (χ0v) is 13.5. The van der Waals surface area contributed by atoms with Gasteiger partial charge in [-0.2, -0.15) is 0 Å². The van der Waals surface area contributed by atoms with Crippen LogP contribution in [0, 0.1) is 5.92 Å². The number of ketones is 1. The van der Waals surface area contributed by atoms with Crippen molar-refractivity contribution in [3.63, 3.8) is 0 Å². The molecule has 0 saturated carbocycles. The fraction of sp³-hybridized carbons (Fsp3) is 0.500. The summed E-state index contributed by atoms with van der Waals surface area (Å²) in [6, 6.07) is 9.42. The van der Waals surface area contributed by atoms with Gasteiger partial charge in [0.05, 0.1) is 0 Å². The number of nitrogens with zero attached hydrogens (tertiary/aromatic N) is 1. The second-order valence-electron chi connectivity index (χ2n) is 5.84. The van der Waals surface area contributed by atoms with E-state index in [-0.39, 0.29) is 17.7 Å². The molecule has 0 radical (unpaired) electrons. The quantitative estimate of drug-likeness (QED) is 0.724. The molecule has 1 aliphatic heterocycles. The molecule has 2 atom stereocenters. The zero-order chi connectivity index (χ0) is 16.2. The molecule has 0 spiro atoms. The molecule has 2 rings (SSSR count). The second kappa shape index (κ2) is 6.86. The molecular weight excluding hydrogens is 278 g/mol. The van der Waals surface area contributed by atoms with Crippen molar-refractivity contribution in [1.29, 1.82) is 0 Å². The van der Waals surface area contributed by atoms with E-state index in [0.717, 1.165) is 18.4 Å². The monoisotopic (exact) mass is 301 g/mol. The van der Waals surface area contributed by atoms with Crippen molar-refractivity contribution in [2.45, 2.75) is 52.0 Å². The number of Topliss-reactive ketones (excluding diaryl/α,β-unsaturated/α-hetero) is 1. The lowest BCUT2D eigenvalue weighted by Crippen LogP contribution is -2.42. The number of aliphatic imine (C=N–C) groups is 1. The molecule has 0 aliphatic carbocycles. The van der Waals surface area contributed by atoms with Gasteiger partial charge in [-0.1, -0.05) is 38.5 Å². The van der Waals surface area contributed by atoms with Crippen LogP contribution in [0.15, 0.2) is 35.3 Å². The molecule has 1 aromatic carbocycles. The van der Waals surface area contributed by atoms with Crippen LogP contribution in [0.25, 0.3) is 0 Å². The molecule has 1 aliphatic rings. The van der Waals surface area contributed by atoms with E-state index in [2.05, 4.69) is 11.9 Å². The Morgan fingerprint density at radius 3 is 2.50 bits per heavy atom. The summed E-state index contributed by atoms with van der Waals surface area (Å²) >= 11 is 0.